The molecular formula is C23H26ClF3N2O3S. The van der Waals surface area contributed by atoms with Gasteiger partial charge in [-0.1, -0.05) is 43.5 Å². The van der Waals surface area contributed by atoms with Gasteiger partial charge in [0.1, 0.15) is 6.54 Å². The highest BCUT2D eigenvalue weighted by Gasteiger charge is 2.36. The van der Waals surface area contributed by atoms with Crippen LogP contribution in [0.1, 0.15) is 48.5 Å². The lowest BCUT2D eigenvalue weighted by Crippen LogP contribution is -2.44. The molecule has 0 heterocycles. The topological polar surface area (TPSA) is 66.5 Å². The van der Waals surface area contributed by atoms with Gasteiger partial charge in [-0.05, 0) is 60.7 Å². The molecule has 1 amide bonds. The molecule has 1 saturated carbocycles. The van der Waals surface area contributed by atoms with E-state index in [-0.39, 0.29) is 29.0 Å². The van der Waals surface area contributed by atoms with Gasteiger partial charge >= 0.3 is 6.18 Å². The van der Waals surface area contributed by atoms with Crippen LogP contribution in [-0.4, -0.2) is 37.4 Å². The number of hydrogen-bond acceptors (Lipinski definition) is 3. The lowest BCUT2D eigenvalue weighted by atomic mass is 9.86. The van der Waals surface area contributed by atoms with Crippen molar-refractivity contribution < 1.29 is 26.4 Å². The normalized spacial score (nSPS) is 19.5. The SMILES string of the molecule is CC1CCCCC1N(Cc1ccc(C(=O)NCC(F)(F)F)cc1)S(=O)(=O)c1ccc(Cl)cc1. The van der Waals surface area contributed by atoms with Gasteiger partial charge in [0.05, 0.1) is 4.90 Å². The Morgan fingerprint density at radius 3 is 2.24 bits per heavy atom. The van der Waals surface area contributed by atoms with Crippen molar-refractivity contribution in [3.05, 3.63) is 64.7 Å². The first-order chi connectivity index (χ1) is 15.5. The Hall–Kier alpha value is -2.10. The van der Waals surface area contributed by atoms with Crippen molar-refractivity contribution in [2.24, 2.45) is 5.92 Å². The van der Waals surface area contributed by atoms with E-state index in [4.69, 9.17) is 11.6 Å². The fraction of sp³-hybridized carbons (Fsp3) is 0.435. The molecule has 180 valence electrons. The van der Waals surface area contributed by atoms with Crippen LogP contribution in [0.3, 0.4) is 0 Å². The molecule has 0 aliphatic heterocycles. The first-order valence-corrected chi connectivity index (χ1v) is 12.5. The molecule has 0 saturated heterocycles. The molecular weight excluding hydrogens is 477 g/mol. The molecule has 5 nitrogen and oxygen atoms in total. The van der Waals surface area contributed by atoms with E-state index in [1.807, 2.05) is 12.2 Å². The molecule has 1 aliphatic rings. The van der Waals surface area contributed by atoms with E-state index in [0.29, 0.717) is 10.6 Å². The third-order valence-corrected chi connectivity index (χ3v) is 8.00. The summed E-state index contributed by atoms with van der Waals surface area (Å²) in [6, 6.07) is 11.8. The van der Waals surface area contributed by atoms with Crippen molar-refractivity contribution >= 4 is 27.5 Å². The Labute approximate surface area is 197 Å². The molecule has 10 heteroatoms. The van der Waals surface area contributed by atoms with Crippen LogP contribution in [0, 0.1) is 5.92 Å². The molecule has 33 heavy (non-hydrogen) atoms. The second kappa shape index (κ2) is 10.4. The Morgan fingerprint density at radius 2 is 1.67 bits per heavy atom. The smallest absolute Gasteiger partial charge is 0.343 e. The van der Waals surface area contributed by atoms with E-state index in [2.05, 4.69) is 0 Å². The number of rotatable bonds is 7. The summed E-state index contributed by atoms with van der Waals surface area (Å²) in [5.74, 6) is -0.668. The molecule has 2 atom stereocenters. The van der Waals surface area contributed by atoms with Crippen LogP contribution in [0.5, 0.6) is 0 Å². The summed E-state index contributed by atoms with van der Waals surface area (Å²) in [6.07, 6.45) is -0.849. The van der Waals surface area contributed by atoms with Gasteiger partial charge in [-0.15, -0.1) is 0 Å². The van der Waals surface area contributed by atoms with Gasteiger partial charge < -0.3 is 5.32 Å². The van der Waals surface area contributed by atoms with E-state index in [1.54, 1.807) is 12.1 Å². The summed E-state index contributed by atoms with van der Waals surface area (Å²) in [5, 5.41) is 2.26. The number of carbonyl (C=O) groups is 1. The zero-order valence-electron chi connectivity index (χ0n) is 18.1. The number of nitrogens with one attached hydrogen (secondary N) is 1. The Bertz CT molecular complexity index is 1060. The first-order valence-electron chi connectivity index (χ1n) is 10.7. The molecule has 0 radical (unpaired) electrons. The van der Waals surface area contributed by atoms with E-state index < -0.39 is 28.7 Å². The van der Waals surface area contributed by atoms with Crippen LogP contribution in [0.2, 0.25) is 5.02 Å². The number of nitrogens with zero attached hydrogens (tertiary/aromatic N) is 1. The second-order valence-corrected chi connectivity index (χ2v) is 10.7. The Morgan fingerprint density at radius 1 is 1.06 bits per heavy atom. The molecule has 1 aliphatic carbocycles. The minimum Gasteiger partial charge on any atom is -0.343 e. The maximum absolute atomic E-state index is 13.6. The molecule has 0 bridgehead atoms. The van der Waals surface area contributed by atoms with Crippen LogP contribution < -0.4 is 5.32 Å². The standard InChI is InChI=1S/C23H26ClF3N2O3S/c1-16-4-2-3-5-21(16)29(33(31,32)20-12-10-19(24)11-13-20)14-17-6-8-18(9-7-17)22(30)28-15-23(25,26)27/h6-13,16,21H,2-5,14-15H2,1H3,(H,28,30). The van der Waals surface area contributed by atoms with Crippen LogP contribution >= 0.6 is 11.6 Å². The number of sulfonamides is 1. The average molecular weight is 503 g/mol. The largest absolute Gasteiger partial charge is 0.405 e. The van der Waals surface area contributed by atoms with Gasteiger partial charge in [0.25, 0.3) is 5.91 Å². The lowest BCUT2D eigenvalue weighted by molar-refractivity contribution is -0.123. The summed E-state index contributed by atoms with van der Waals surface area (Å²) in [5.41, 5.74) is 0.707. The van der Waals surface area contributed by atoms with E-state index in [9.17, 15) is 26.4 Å². The molecule has 2 unspecified atom stereocenters. The number of carbonyl (C=O) groups excluding carboxylic acids is 1. The van der Waals surface area contributed by atoms with Crippen LogP contribution in [0.4, 0.5) is 13.2 Å². The van der Waals surface area contributed by atoms with Gasteiger partial charge in [-0.3, -0.25) is 4.79 Å². The molecule has 0 aromatic heterocycles. The molecule has 1 fully saturated rings. The minimum atomic E-state index is -4.50. The predicted molar refractivity (Wildman–Crippen MR) is 120 cm³/mol. The van der Waals surface area contributed by atoms with E-state index in [0.717, 1.165) is 25.7 Å². The average Bonchev–Trinajstić information content (AvgIpc) is 2.76. The summed E-state index contributed by atoms with van der Waals surface area (Å²) in [6.45, 7) is 0.715. The molecule has 1 N–H and O–H groups in total. The van der Waals surface area contributed by atoms with E-state index >= 15 is 0 Å². The van der Waals surface area contributed by atoms with Crippen molar-refractivity contribution in [2.45, 2.75) is 56.3 Å². The minimum absolute atomic E-state index is 0.0705. The van der Waals surface area contributed by atoms with Crippen LogP contribution in [0.25, 0.3) is 0 Å². The monoisotopic (exact) mass is 502 g/mol. The molecule has 3 rings (SSSR count). The summed E-state index contributed by atoms with van der Waals surface area (Å²) >= 11 is 5.93. The second-order valence-electron chi connectivity index (χ2n) is 8.33. The zero-order chi connectivity index (χ0) is 24.2. The summed E-state index contributed by atoms with van der Waals surface area (Å²) in [4.78, 5) is 12.1. The maximum Gasteiger partial charge on any atom is 0.405 e. The Balaban J connectivity index is 1.84. The van der Waals surface area contributed by atoms with Crippen molar-refractivity contribution in [3.8, 4) is 0 Å². The molecule has 2 aromatic carbocycles. The number of benzene rings is 2. The number of alkyl halides is 3. The predicted octanol–water partition coefficient (Wildman–Crippen LogP) is 5.40. The van der Waals surface area contributed by atoms with Gasteiger partial charge in [-0.25, -0.2) is 8.42 Å². The van der Waals surface area contributed by atoms with Gasteiger partial charge in [-0.2, -0.15) is 17.5 Å². The number of amides is 1. The van der Waals surface area contributed by atoms with Crippen molar-refractivity contribution in [2.75, 3.05) is 6.54 Å². The van der Waals surface area contributed by atoms with Crippen molar-refractivity contribution in [1.29, 1.82) is 0 Å². The summed E-state index contributed by atoms with van der Waals surface area (Å²) in [7, 11) is -3.83. The van der Waals surface area contributed by atoms with Gasteiger partial charge in [0.2, 0.25) is 10.0 Å². The third kappa shape index (κ3) is 6.71. The van der Waals surface area contributed by atoms with Crippen molar-refractivity contribution in [3.63, 3.8) is 0 Å². The lowest BCUT2D eigenvalue weighted by Gasteiger charge is -2.37. The van der Waals surface area contributed by atoms with Gasteiger partial charge in [0, 0.05) is 23.2 Å². The number of hydrogen-bond donors (Lipinski definition) is 1. The molecule has 0 spiro atoms. The highest BCUT2D eigenvalue weighted by atomic mass is 35.5. The molecule has 2 aromatic rings. The Kier molecular flexibility index (Phi) is 8.08. The first kappa shape index (κ1) is 25.5. The maximum atomic E-state index is 13.6. The third-order valence-electron chi connectivity index (χ3n) is 5.86. The van der Waals surface area contributed by atoms with Crippen molar-refractivity contribution in [1.82, 2.24) is 9.62 Å². The van der Waals surface area contributed by atoms with Gasteiger partial charge in [0.15, 0.2) is 0 Å². The summed E-state index contributed by atoms with van der Waals surface area (Å²) < 4.78 is 65.6. The quantitative estimate of drug-likeness (QED) is 0.551. The fourth-order valence-corrected chi connectivity index (χ4v) is 5.94. The highest BCUT2D eigenvalue weighted by molar-refractivity contribution is 7.89. The van der Waals surface area contributed by atoms with Crippen LogP contribution in [0.15, 0.2) is 53.4 Å². The zero-order valence-corrected chi connectivity index (χ0v) is 19.7. The fourth-order valence-electron chi connectivity index (χ4n) is 4.07. The van der Waals surface area contributed by atoms with E-state index in [1.165, 1.54) is 40.7 Å². The number of halogens is 4. The highest BCUT2D eigenvalue weighted by Crippen LogP contribution is 2.33. The van der Waals surface area contributed by atoms with Crippen LogP contribution in [-0.2, 0) is 16.6 Å².